The molecule has 1 heterocycles. The van der Waals surface area contributed by atoms with Crippen molar-refractivity contribution in [3.63, 3.8) is 0 Å². The Kier molecular flexibility index (Phi) is 4.77. The van der Waals surface area contributed by atoms with Gasteiger partial charge in [-0.1, -0.05) is 42.2 Å². The zero-order valence-corrected chi connectivity index (χ0v) is 13.0. The van der Waals surface area contributed by atoms with Crippen molar-refractivity contribution >= 4 is 45.8 Å². The first-order valence-corrected chi connectivity index (χ1v) is 7.63. The maximum Gasteiger partial charge on any atom is 0.241 e. The quantitative estimate of drug-likeness (QED) is 0.800. The van der Waals surface area contributed by atoms with E-state index in [2.05, 4.69) is 0 Å². The second-order valence-corrected chi connectivity index (χ2v) is 6.53. The maximum absolute atomic E-state index is 12.1. The molecule has 4 nitrogen and oxygen atoms in total. The van der Waals surface area contributed by atoms with Gasteiger partial charge >= 0.3 is 0 Å². The fourth-order valence-corrected chi connectivity index (χ4v) is 3.40. The molecule has 1 aromatic rings. The first-order valence-electron chi connectivity index (χ1n) is 6.34. The van der Waals surface area contributed by atoms with Gasteiger partial charge in [0.2, 0.25) is 11.8 Å². The van der Waals surface area contributed by atoms with Crippen molar-refractivity contribution in [2.24, 2.45) is 0 Å². The summed E-state index contributed by atoms with van der Waals surface area (Å²) in [5, 5.41) is -0.135. The molecule has 20 heavy (non-hydrogen) atoms. The molecular weight excluding hydrogens is 292 g/mol. The average molecular weight is 308 g/mol. The van der Waals surface area contributed by atoms with Gasteiger partial charge in [0, 0.05) is 25.7 Å². The highest BCUT2D eigenvalue weighted by Crippen LogP contribution is 2.26. The number of carbonyl (C=O) groups is 2. The number of thiocarbonyl (C=S) groups is 1. The summed E-state index contributed by atoms with van der Waals surface area (Å²) in [5.41, 5.74) is 0.843. The van der Waals surface area contributed by atoms with Gasteiger partial charge in [0.15, 0.2) is 0 Å². The lowest BCUT2D eigenvalue weighted by molar-refractivity contribution is -0.126. The van der Waals surface area contributed by atoms with Crippen molar-refractivity contribution < 1.29 is 9.59 Å². The molecule has 0 aromatic heterocycles. The molecule has 6 heteroatoms. The van der Waals surface area contributed by atoms with Crippen LogP contribution in [0.2, 0.25) is 0 Å². The second kappa shape index (κ2) is 6.37. The zero-order valence-electron chi connectivity index (χ0n) is 11.4. The number of rotatable bonds is 4. The third-order valence-electron chi connectivity index (χ3n) is 3.18. The Hall–Kier alpha value is -1.40. The van der Waals surface area contributed by atoms with E-state index >= 15 is 0 Å². The largest absolute Gasteiger partial charge is 0.315 e. The molecule has 1 aliphatic heterocycles. The number of carbonyl (C=O) groups excluding carboxylic acids is 2. The molecule has 0 spiro atoms. The highest BCUT2D eigenvalue weighted by molar-refractivity contribution is 8.24. The predicted molar refractivity (Wildman–Crippen MR) is 85.8 cm³/mol. The molecule has 1 unspecified atom stereocenters. The SMILES string of the molecule is CC1SC(=S)N(CCC(=O)N(C)c2ccccc2)C1=O. The minimum atomic E-state index is -0.135. The van der Waals surface area contributed by atoms with Gasteiger partial charge in [-0.25, -0.2) is 0 Å². The van der Waals surface area contributed by atoms with Gasteiger partial charge in [0.1, 0.15) is 4.32 Å². The number of amides is 2. The molecule has 0 aliphatic carbocycles. The van der Waals surface area contributed by atoms with Gasteiger partial charge in [0.25, 0.3) is 0 Å². The average Bonchev–Trinajstić information content (AvgIpc) is 2.70. The second-order valence-electron chi connectivity index (χ2n) is 4.55. The van der Waals surface area contributed by atoms with Crippen molar-refractivity contribution in [3.8, 4) is 0 Å². The molecule has 0 N–H and O–H groups in total. The van der Waals surface area contributed by atoms with E-state index in [9.17, 15) is 9.59 Å². The van der Waals surface area contributed by atoms with Gasteiger partial charge in [-0.15, -0.1) is 0 Å². The molecule has 0 saturated carbocycles. The van der Waals surface area contributed by atoms with E-state index in [1.54, 1.807) is 11.9 Å². The number of thioether (sulfide) groups is 1. The Morgan fingerprint density at radius 1 is 1.40 bits per heavy atom. The van der Waals surface area contributed by atoms with E-state index in [4.69, 9.17) is 12.2 Å². The zero-order chi connectivity index (χ0) is 14.7. The molecule has 1 atom stereocenters. The molecule has 1 saturated heterocycles. The van der Waals surface area contributed by atoms with Crippen molar-refractivity contribution in [2.45, 2.75) is 18.6 Å². The van der Waals surface area contributed by atoms with Crippen molar-refractivity contribution in [2.75, 3.05) is 18.5 Å². The van der Waals surface area contributed by atoms with E-state index in [1.807, 2.05) is 37.3 Å². The van der Waals surface area contributed by atoms with E-state index in [1.165, 1.54) is 16.7 Å². The summed E-state index contributed by atoms with van der Waals surface area (Å²) in [7, 11) is 1.74. The fraction of sp³-hybridized carbons (Fsp3) is 0.357. The van der Waals surface area contributed by atoms with Crippen LogP contribution in [0.5, 0.6) is 0 Å². The van der Waals surface area contributed by atoms with Gasteiger partial charge in [0.05, 0.1) is 5.25 Å². The first-order chi connectivity index (χ1) is 9.50. The van der Waals surface area contributed by atoms with Crippen LogP contribution < -0.4 is 4.90 Å². The van der Waals surface area contributed by atoms with Crippen LogP contribution in [0.3, 0.4) is 0 Å². The van der Waals surface area contributed by atoms with Crippen LogP contribution in [0.4, 0.5) is 5.69 Å². The smallest absolute Gasteiger partial charge is 0.241 e. The van der Waals surface area contributed by atoms with Crippen LogP contribution in [0.1, 0.15) is 13.3 Å². The number of benzene rings is 1. The Morgan fingerprint density at radius 2 is 2.05 bits per heavy atom. The highest BCUT2D eigenvalue weighted by Gasteiger charge is 2.33. The van der Waals surface area contributed by atoms with Gasteiger partial charge < -0.3 is 4.90 Å². The number of hydrogen-bond donors (Lipinski definition) is 0. The van der Waals surface area contributed by atoms with Gasteiger partial charge in [-0.3, -0.25) is 14.5 Å². The van der Waals surface area contributed by atoms with Crippen LogP contribution >= 0.6 is 24.0 Å². The van der Waals surface area contributed by atoms with Crippen LogP contribution in [-0.2, 0) is 9.59 Å². The summed E-state index contributed by atoms with van der Waals surface area (Å²) in [4.78, 5) is 27.1. The number of anilines is 1. The summed E-state index contributed by atoms with van der Waals surface area (Å²) in [6.45, 7) is 2.18. The lowest BCUT2D eigenvalue weighted by Gasteiger charge is -2.20. The van der Waals surface area contributed by atoms with E-state index in [-0.39, 0.29) is 23.5 Å². The van der Waals surface area contributed by atoms with Gasteiger partial charge in [-0.05, 0) is 19.1 Å². The highest BCUT2D eigenvalue weighted by atomic mass is 32.2. The molecule has 1 aliphatic rings. The van der Waals surface area contributed by atoms with Gasteiger partial charge in [-0.2, -0.15) is 0 Å². The monoisotopic (exact) mass is 308 g/mol. The summed E-state index contributed by atoms with van der Waals surface area (Å²) < 4.78 is 0.567. The first kappa shape index (κ1) is 15.0. The van der Waals surface area contributed by atoms with Crippen molar-refractivity contribution in [1.82, 2.24) is 4.90 Å². The molecule has 2 amide bonds. The molecule has 1 aromatic carbocycles. The minimum Gasteiger partial charge on any atom is -0.315 e. The van der Waals surface area contributed by atoms with Crippen LogP contribution in [0, 0.1) is 0 Å². The number of para-hydroxylation sites is 1. The Morgan fingerprint density at radius 3 is 2.60 bits per heavy atom. The van der Waals surface area contributed by atoms with Crippen molar-refractivity contribution in [3.05, 3.63) is 30.3 Å². The van der Waals surface area contributed by atoms with Crippen molar-refractivity contribution in [1.29, 1.82) is 0 Å². The van der Waals surface area contributed by atoms with E-state index in [0.29, 0.717) is 10.9 Å². The summed E-state index contributed by atoms with van der Waals surface area (Å²) in [5.74, 6) is -0.0356. The molecule has 106 valence electrons. The lowest BCUT2D eigenvalue weighted by atomic mass is 10.2. The summed E-state index contributed by atoms with van der Waals surface area (Å²) >= 11 is 6.52. The molecule has 0 radical (unpaired) electrons. The predicted octanol–water partition coefficient (Wildman–Crippen LogP) is 2.29. The molecule has 1 fully saturated rings. The fourth-order valence-electron chi connectivity index (χ4n) is 1.95. The third-order valence-corrected chi connectivity index (χ3v) is 4.66. The van der Waals surface area contributed by atoms with E-state index < -0.39 is 0 Å². The number of hydrogen-bond acceptors (Lipinski definition) is 4. The standard InChI is InChI=1S/C14H16N2O2S2/c1-10-13(18)16(14(19)20-10)9-8-12(17)15(2)11-6-4-3-5-7-11/h3-7,10H,8-9H2,1-2H3. The van der Waals surface area contributed by atoms with Crippen LogP contribution in [-0.4, -0.2) is 39.9 Å². The molecular formula is C14H16N2O2S2. The lowest BCUT2D eigenvalue weighted by Crippen LogP contribution is -2.35. The Labute approximate surface area is 128 Å². The van der Waals surface area contributed by atoms with Crippen LogP contribution in [0.15, 0.2) is 30.3 Å². The summed E-state index contributed by atoms with van der Waals surface area (Å²) in [6.07, 6.45) is 0.268. The Balaban J connectivity index is 1.93. The summed E-state index contributed by atoms with van der Waals surface area (Å²) in [6, 6.07) is 9.43. The minimum absolute atomic E-state index is 0.00448. The van der Waals surface area contributed by atoms with Crippen LogP contribution in [0.25, 0.3) is 0 Å². The van der Waals surface area contributed by atoms with E-state index in [0.717, 1.165) is 5.69 Å². The number of nitrogens with zero attached hydrogens (tertiary/aromatic N) is 2. The molecule has 2 rings (SSSR count). The normalized spacial score (nSPS) is 18.5. The Bertz CT molecular complexity index is 533. The third kappa shape index (κ3) is 3.19. The molecule has 0 bridgehead atoms. The topological polar surface area (TPSA) is 40.6 Å². The maximum atomic E-state index is 12.1.